The summed E-state index contributed by atoms with van der Waals surface area (Å²) in [7, 11) is 0. The van der Waals surface area contributed by atoms with Gasteiger partial charge in [0.1, 0.15) is 4.88 Å². The summed E-state index contributed by atoms with van der Waals surface area (Å²) in [5, 5.41) is 6.10. The van der Waals surface area contributed by atoms with E-state index in [1.165, 1.54) is 11.3 Å². The van der Waals surface area contributed by atoms with Crippen LogP contribution in [0, 0.1) is 0 Å². The summed E-state index contributed by atoms with van der Waals surface area (Å²) in [6, 6.07) is 0. The SMILES string of the molecule is CCCNC(=O)c1sc(NCC(F)F)c(C2CC2)c1N. The highest BCUT2D eigenvalue weighted by Gasteiger charge is 2.33. The number of hydrogen-bond donors (Lipinski definition) is 3. The summed E-state index contributed by atoms with van der Waals surface area (Å²) >= 11 is 1.17. The van der Waals surface area contributed by atoms with Crippen LogP contribution in [0.2, 0.25) is 0 Å². The zero-order chi connectivity index (χ0) is 14.7. The number of rotatable bonds is 7. The van der Waals surface area contributed by atoms with E-state index in [1.807, 2.05) is 6.92 Å². The van der Waals surface area contributed by atoms with Crippen LogP contribution in [0.1, 0.15) is 47.3 Å². The van der Waals surface area contributed by atoms with Crippen LogP contribution in [0.3, 0.4) is 0 Å². The maximum atomic E-state index is 12.3. The van der Waals surface area contributed by atoms with Crippen molar-refractivity contribution in [2.75, 3.05) is 24.1 Å². The Morgan fingerprint density at radius 1 is 1.50 bits per heavy atom. The number of thiophene rings is 1. The Hall–Kier alpha value is -1.37. The molecule has 1 amide bonds. The van der Waals surface area contributed by atoms with Gasteiger partial charge in [-0.25, -0.2) is 8.78 Å². The minimum atomic E-state index is -2.43. The zero-order valence-corrected chi connectivity index (χ0v) is 12.2. The third-order valence-corrected chi connectivity index (χ3v) is 4.31. The molecular formula is C13H19F2N3OS. The van der Waals surface area contributed by atoms with E-state index in [0.717, 1.165) is 24.8 Å². The van der Waals surface area contributed by atoms with Crippen LogP contribution in [0.5, 0.6) is 0 Å². The largest absolute Gasteiger partial charge is 0.397 e. The van der Waals surface area contributed by atoms with E-state index in [1.54, 1.807) is 0 Å². The van der Waals surface area contributed by atoms with Gasteiger partial charge in [-0.3, -0.25) is 4.79 Å². The van der Waals surface area contributed by atoms with Crippen LogP contribution in [0.25, 0.3) is 0 Å². The number of carbonyl (C=O) groups excluding carboxylic acids is 1. The average Bonchev–Trinajstić information content (AvgIpc) is 3.18. The summed E-state index contributed by atoms with van der Waals surface area (Å²) in [4.78, 5) is 12.4. The molecule has 1 aliphatic rings. The van der Waals surface area contributed by atoms with E-state index < -0.39 is 13.0 Å². The van der Waals surface area contributed by atoms with Gasteiger partial charge in [0.2, 0.25) is 0 Å². The number of alkyl halides is 2. The molecule has 0 atom stereocenters. The van der Waals surface area contributed by atoms with E-state index in [-0.39, 0.29) is 5.91 Å². The van der Waals surface area contributed by atoms with Crippen LogP contribution < -0.4 is 16.4 Å². The van der Waals surface area contributed by atoms with Crippen molar-refractivity contribution in [3.05, 3.63) is 10.4 Å². The van der Waals surface area contributed by atoms with Crippen molar-refractivity contribution in [1.29, 1.82) is 0 Å². The highest BCUT2D eigenvalue weighted by molar-refractivity contribution is 7.18. The molecule has 0 aliphatic heterocycles. The standard InChI is InChI=1S/C13H19F2N3OS/c1-2-5-17-12(19)11-10(16)9(7-3-4-7)13(20-11)18-6-8(14)15/h7-8,18H,2-6,16H2,1H3,(H,17,19). The topological polar surface area (TPSA) is 67.2 Å². The molecule has 0 radical (unpaired) electrons. The van der Waals surface area contributed by atoms with Crippen molar-refractivity contribution in [2.24, 2.45) is 0 Å². The van der Waals surface area contributed by atoms with E-state index in [0.29, 0.717) is 28.0 Å². The first-order valence-electron chi connectivity index (χ1n) is 6.77. The summed E-state index contributed by atoms with van der Waals surface area (Å²) in [5.41, 5.74) is 7.34. The lowest BCUT2D eigenvalue weighted by atomic mass is 10.1. The van der Waals surface area contributed by atoms with Crippen LogP contribution >= 0.6 is 11.3 Å². The van der Waals surface area contributed by atoms with Crippen molar-refractivity contribution < 1.29 is 13.6 Å². The van der Waals surface area contributed by atoms with Gasteiger partial charge in [-0.15, -0.1) is 11.3 Å². The highest BCUT2D eigenvalue weighted by Crippen LogP contribution is 2.50. The number of carbonyl (C=O) groups is 1. The number of hydrogen-bond acceptors (Lipinski definition) is 4. The number of anilines is 2. The number of halogens is 2. The second-order valence-corrected chi connectivity index (χ2v) is 5.91. The van der Waals surface area contributed by atoms with Crippen LogP contribution in [-0.4, -0.2) is 25.4 Å². The summed E-state index contributed by atoms with van der Waals surface area (Å²) in [6.45, 7) is 2.12. The fourth-order valence-corrected chi connectivity index (χ4v) is 3.15. The molecule has 112 valence electrons. The smallest absolute Gasteiger partial charge is 0.263 e. The van der Waals surface area contributed by atoms with Gasteiger partial charge in [0.05, 0.1) is 17.2 Å². The second-order valence-electron chi connectivity index (χ2n) is 4.89. The van der Waals surface area contributed by atoms with Gasteiger partial charge in [-0.05, 0) is 25.2 Å². The molecule has 20 heavy (non-hydrogen) atoms. The number of nitrogen functional groups attached to an aromatic ring is 1. The molecule has 1 saturated carbocycles. The predicted octanol–water partition coefficient (Wildman–Crippen LogP) is 3.02. The molecule has 0 spiro atoms. The molecule has 1 heterocycles. The third kappa shape index (κ3) is 3.39. The normalized spacial score (nSPS) is 14.6. The Balaban J connectivity index is 2.20. The van der Waals surface area contributed by atoms with Gasteiger partial charge < -0.3 is 16.4 Å². The van der Waals surface area contributed by atoms with Crippen molar-refractivity contribution in [1.82, 2.24) is 5.32 Å². The molecule has 0 unspecified atom stereocenters. The first-order chi connectivity index (χ1) is 9.54. The summed E-state index contributed by atoms with van der Waals surface area (Å²) in [6.07, 6.45) is 0.409. The fraction of sp³-hybridized carbons (Fsp3) is 0.615. The molecule has 0 aromatic carbocycles. The predicted molar refractivity (Wildman–Crippen MR) is 77.8 cm³/mol. The molecule has 1 aromatic rings. The highest BCUT2D eigenvalue weighted by atomic mass is 32.1. The lowest BCUT2D eigenvalue weighted by Crippen LogP contribution is -2.23. The van der Waals surface area contributed by atoms with E-state index in [9.17, 15) is 13.6 Å². The molecule has 4 nitrogen and oxygen atoms in total. The van der Waals surface area contributed by atoms with Gasteiger partial charge in [-0.2, -0.15) is 0 Å². The molecule has 1 aromatic heterocycles. The lowest BCUT2D eigenvalue weighted by molar-refractivity contribution is 0.0958. The Morgan fingerprint density at radius 2 is 2.20 bits per heavy atom. The van der Waals surface area contributed by atoms with Crippen molar-refractivity contribution in [2.45, 2.75) is 38.5 Å². The molecule has 1 fully saturated rings. The van der Waals surface area contributed by atoms with Crippen LogP contribution in [0.15, 0.2) is 0 Å². The average molecular weight is 303 g/mol. The number of amides is 1. The number of nitrogens with two attached hydrogens (primary N) is 1. The van der Waals surface area contributed by atoms with Gasteiger partial charge in [-0.1, -0.05) is 6.92 Å². The quantitative estimate of drug-likeness (QED) is 0.725. The zero-order valence-electron chi connectivity index (χ0n) is 11.3. The lowest BCUT2D eigenvalue weighted by Gasteiger charge is -2.06. The summed E-state index contributed by atoms with van der Waals surface area (Å²) < 4.78 is 24.7. The molecule has 2 rings (SSSR count). The maximum absolute atomic E-state index is 12.3. The minimum Gasteiger partial charge on any atom is -0.397 e. The molecule has 4 N–H and O–H groups in total. The van der Waals surface area contributed by atoms with Gasteiger partial charge in [0.15, 0.2) is 0 Å². The third-order valence-electron chi connectivity index (χ3n) is 3.13. The maximum Gasteiger partial charge on any atom is 0.263 e. The first kappa shape index (κ1) is 15.0. The Labute approximate surface area is 120 Å². The monoisotopic (exact) mass is 303 g/mol. The van der Waals surface area contributed by atoms with Crippen molar-refractivity contribution in [3.63, 3.8) is 0 Å². The van der Waals surface area contributed by atoms with Gasteiger partial charge in [0, 0.05) is 12.1 Å². The second kappa shape index (κ2) is 6.39. The van der Waals surface area contributed by atoms with E-state index in [4.69, 9.17) is 5.73 Å². The molecule has 0 bridgehead atoms. The minimum absolute atomic E-state index is 0.221. The van der Waals surface area contributed by atoms with Gasteiger partial charge in [0.25, 0.3) is 12.3 Å². The van der Waals surface area contributed by atoms with Crippen molar-refractivity contribution >= 4 is 27.9 Å². The van der Waals surface area contributed by atoms with E-state index >= 15 is 0 Å². The Bertz CT molecular complexity index is 486. The molecular weight excluding hydrogens is 284 g/mol. The first-order valence-corrected chi connectivity index (χ1v) is 7.58. The molecule has 1 aliphatic carbocycles. The summed E-state index contributed by atoms with van der Waals surface area (Å²) in [5.74, 6) is 0.0838. The van der Waals surface area contributed by atoms with Crippen molar-refractivity contribution in [3.8, 4) is 0 Å². The fourth-order valence-electron chi connectivity index (χ4n) is 2.02. The van der Waals surface area contributed by atoms with E-state index in [2.05, 4.69) is 10.6 Å². The molecule has 7 heteroatoms. The number of nitrogens with one attached hydrogen (secondary N) is 2. The van der Waals surface area contributed by atoms with Crippen LogP contribution in [0.4, 0.5) is 19.5 Å². The Morgan fingerprint density at radius 3 is 2.75 bits per heavy atom. The Kier molecular flexibility index (Phi) is 4.80. The van der Waals surface area contributed by atoms with Gasteiger partial charge >= 0.3 is 0 Å². The molecule has 0 saturated heterocycles. The van der Waals surface area contributed by atoms with Crippen LogP contribution in [-0.2, 0) is 0 Å².